The Hall–Kier alpha value is -2.64. The zero-order valence-electron chi connectivity index (χ0n) is 13.0. The summed E-state index contributed by atoms with van der Waals surface area (Å²) in [5.74, 6) is 0.155. The maximum Gasteiger partial charge on any atom is 0.263 e. The van der Waals surface area contributed by atoms with Crippen LogP contribution in [0.4, 0.5) is 5.69 Å². The molecule has 0 bridgehead atoms. The number of carbonyl (C=O) groups is 2. The van der Waals surface area contributed by atoms with Crippen molar-refractivity contribution in [1.82, 2.24) is 5.32 Å². The lowest BCUT2D eigenvalue weighted by Gasteiger charge is -2.07. The van der Waals surface area contributed by atoms with Crippen molar-refractivity contribution in [2.75, 3.05) is 11.9 Å². The van der Waals surface area contributed by atoms with Crippen LogP contribution in [0.5, 0.6) is 5.75 Å². The number of rotatable bonds is 5. The van der Waals surface area contributed by atoms with Crippen LogP contribution in [0.2, 0.25) is 0 Å². The Labute approximate surface area is 154 Å². The van der Waals surface area contributed by atoms with Gasteiger partial charge in [0.2, 0.25) is 0 Å². The molecule has 0 radical (unpaired) electrons. The topological polar surface area (TPSA) is 67.4 Å². The summed E-state index contributed by atoms with van der Waals surface area (Å²) in [5.41, 5.74) is 1.58. The van der Waals surface area contributed by atoms with Gasteiger partial charge in [0.05, 0.1) is 4.91 Å². The molecule has 0 aromatic heterocycles. The second-order valence-electron chi connectivity index (χ2n) is 5.12. The number of hydrogen-bond donors (Lipinski definition) is 2. The van der Waals surface area contributed by atoms with E-state index in [4.69, 9.17) is 17.0 Å². The fourth-order valence-corrected chi connectivity index (χ4v) is 3.14. The summed E-state index contributed by atoms with van der Waals surface area (Å²) >= 11 is 6.18. The third kappa shape index (κ3) is 4.91. The van der Waals surface area contributed by atoms with Gasteiger partial charge in [0.1, 0.15) is 10.1 Å². The van der Waals surface area contributed by atoms with E-state index in [1.165, 1.54) is 11.8 Å². The molecule has 1 saturated heterocycles. The molecule has 0 saturated carbocycles. The average molecular weight is 370 g/mol. The van der Waals surface area contributed by atoms with Crippen molar-refractivity contribution in [3.63, 3.8) is 0 Å². The Kier molecular flexibility index (Phi) is 5.47. The molecule has 7 heteroatoms. The molecule has 5 nitrogen and oxygen atoms in total. The first-order chi connectivity index (χ1) is 12.1. The number of benzene rings is 2. The zero-order valence-corrected chi connectivity index (χ0v) is 14.7. The van der Waals surface area contributed by atoms with E-state index in [9.17, 15) is 9.59 Å². The molecule has 25 heavy (non-hydrogen) atoms. The van der Waals surface area contributed by atoms with Gasteiger partial charge in [0.25, 0.3) is 11.8 Å². The van der Waals surface area contributed by atoms with Gasteiger partial charge in [-0.25, -0.2) is 0 Å². The van der Waals surface area contributed by atoms with E-state index in [1.807, 2.05) is 42.5 Å². The van der Waals surface area contributed by atoms with Gasteiger partial charge >= 0.3 is 0 Å². The molecule has 3 rings (SSSR count). The van der Waals surface area contributed by atoms with Crippen molar-refractivity contribution in [3.8, 4) is 5.75 Å². The van der Waals surface area contributed by atoms with Crippen molar-refractivity contribution < 1.29 is 14.3 Å². The molecule has 0 atom stereocenters. The normalized spacial score (nSPS) is 15.1. The Balaban J connectivity index is 1.54. The van der Waals surface area contributed by atoms with Gasteiger partial charge in [0.15, 0.2) is 6.61 Å². The van der Waals surface area contributed by atoms with Gasteiger partial charge in [0, 0.05) is 5.69 Å². The Morgan fingerprint density at radius 1 is 1.16 bits per heavy atom. The number of nitrogens with one attached hydrogen (secondary N) is 2. The summed E-state index contributed by atoms with van der Waals surface area (Å²) in [7, 11) is 0. The zero-order chi connectivity index (χ0) is 17.6. The summed E-state index contributed by atoms with van der Waals surface area (Å²) in [5, 5.41) is 5.32. The van der Waals surface area contributed by atoms with Crippen LogP contribution in [-0.4, -0.2) is 22.7 Å². The van der Waals surface area contributed by atoms with Gasteiger partial charge in [-0.2, -0.15) is 0 Å². The quantitative estimate of drug-likeness (QED) is 0.625. The van der Waals surface area contributed by atoms with Crippen LogP contribution in [0.3, 0.4) is 0 Å². The molecule has 1 aliphatic heterocycles. The van der Waals surface area contributed by atoms with Crippen molar-refractivity contribution >= 4 is 51.9 Å². The minimum absolute atomic E-state index is 0.0815. The number of anilines is 1. The van der Waals surface area contributed by atoms with Crippen LogP contribution < -0.4 is 15.4 Å². The Morgan fingerprint density at radius 2 is 1.88 bits per heavy atom. The Bertz CT molecular complexity index is 833. The highest BCUT2D eigenvalue weighted by atomic mass is 32.2. The predicted molar refractivity (Wildman–Crippen MR) is 103 cm³/mol. The summed E-state index contributed by atoms with van der Waals surface area (Å²) < 4.78 is 5.92. The van der Waals surface area contributed by atoms with Crippen LogP contribution in [0, 0.1) is 0 Å². The maximum atomic E-state index is 11.8. The van der Waals surface area contributed by atoms with Crippen molar-refractivity contribution in [2.24, 2.45) is 0 Å². The van der Waals surface area contributed by atoms with E-state index in [0.717, 1.165) is 11.3 Å². The van der Waals surface area contributed by atoms with Crippen molar-refractivity contribution in [3.05, 3.63) is 65.1 Å². The molecule has 0 spiro atoms. The fraction of sp³-hybridized carbons (Fsp3) is 0.0556. The fourth-order valence-electron chi connectivity index (χ4n) is 2.10. The highest BCUT2D eigenvalue weighted by Gasteiger charge is 2.21. The van der Waals surface area contributed by atoms with E-state index in [1.54, 1.807) is 18.2 Å². The Morgan fingerprint density at radius 3 is 2.52 bits per heavy atom. The average Bonchev–Trinajstić information content (AvgIpc) is 2.92. The summed E-state index contributed by atoms with van der Waals surface area (Å²) in [6, 6.07) is 16.3. The minimum atomic E-state index is -0.232. The number of hydrogen-bond acceptors (Lipinski definition) is 5. The third-order valence-electron chi connectivity index (χ3n) is 3.25. The standard InChI is InChI=1S/C18H14N2O3S2/c21-16(19-13-4-2-1-3-5-13)11-23-14-8-6-12(7-9-14)10-15-17(22)20-18(24)25-15/h1-10H,11H2,(H,19,21)(H,20,22,24)/b15-10-. The second kappa shape index (κ2) is 7.96. The van der Waals surface area contributed by atoms with Gasteiger partial charge < -0.3 is 15.4 Å². The number of carbonyl (C=O) groups excluding carboxylic acids is 2. The molecule has 2 aromatic rings. The smallest absolute Gasteiger partial charge is 0.263 e. The number of thioether (sulfide) groups is 1. The first-order valence-corrected chi connectivity index (χ1v) is 8.65. The lowest BCUT2D eigenvalue weighted by molar-refractivity contribution is -0.118. The van der Waals surface area contributed by atoms with E-state index in [2.05, 4.69) is 10.6 Å². The van der Waals surface area contributed by atoms with Gasteiger partial charge in [-0.3, -0.25) is 9.59 Å². The summed E-state index contributed by atoms with van der Waals surface area (Å²) in [4.78, 5) is 24.0. The molecule has 2 aromatic carbocycles. The van der Waals surface area contributed by atoms with Crippen LogP contribution in [0.1, 0.15) is 5.56 Å². The van der Waals surface area contributed by atoms with Crippen LogP contribution >= 0.6 is 24.0 Å². The van der Waals surface area contributed by atoms with E-state index >= 15 is 0 Å². The number of amides is 2. The number of thiocarbonyl (C=S) groups is 1. The van der Waals surface area contributed by atoms with Crippen molar-refractivity contribution in [2.45, 2.75) is 0 Å². The van der Waals surface area contributed by atoms with E-state index < -0.39 is 0 Å². The largest absolute Gasteiger partial charge is 0.484 e. The molecule has 2 amide bonds. The molecule has 1 fully saturated rings. The third-order valence-corrected chi connectivity index (χ3v) is 4.41. The number of para-hydroxylation sites is 1. The van der Waals surface area contributed by atoms with Gasteiger partial charge in [-0.15, -0.1) is 0 Å². The highest BCUT2D eigenvalue weighted by Crippen LogP contribution is 2.26. The summed E-state index contributed by atoms with van der Waals surface area (Å²) in [6.07, 6.45) is 1.76. The van der Waals surface area contributed by atoms with Gasteiger partial charge in [-0.1, -0.05) is 54.3 Å². The minimum Gasteiger partial charge on any atom is -0.484 e. The van der Waals surface area contributed by atoms with Crippen LogP contribution in [-0.2, 0) is 9.59 Å². The summed E-state index contributed by atoms with van der Waals surface area (Å²) in [6.45, 7) is -0.0815. The molecular weight excluding hydrogens is 356 g/mol. The molecule has 1 aliphatic rings. The SMILES string of the molecule is O=C(COc1ccc(/C=C2\SC(=S)NC2=O)cc1)Nc1ccccc1. The van der Waals surface area contributed by atoms with Crippen LogP contribution in [0.25, 0.3) is 6.08 Å². The van der Waals surface area contributed by atoms with E-state index in [-0.39, 0.29) is 18.4 Å². The molecule has 2 N–H and O–H groups in total. The molecular formula is C18H14N2O3S2. The van der Waals surface area contributed by atoms with Crippen molar-refractivity contribution in [1.29, 1.82) is 0 Å². The van der Waals surface area contributed by atoms with E-state index in [0.29, 0.717) is 15.0 Å². The lowest BCUT2D eigenvalue weighted by Crippen LogP contribution is -2.20. The first-order valence-electron chi connectivity index (χ1n) is 7.43. The monoisotopic (exact) mass is 370 g/mol. The van der Waals surface area contributed by atoms with Gasteiger partial charge in [-0.05, 0) is 35.9 Å². The molecule has 0 unspecified atom stereocenters. The maximum absolute atomic E-state index is 11.8. The number of ether oxygens (including phenoxy) is 1. The molecule has 1 heterocycles. The molecule has 0 aliphatic carbocycles. The highest BCUT2D eigenvalue weighted by molar-refractivity contribution is 8.26. The first kappa shape index (κ1) is 17.2. The molecule has 126 valence electrons. The predicted octanol–water partition coefficient (Wildman–Crippen LogP) is 3.19. The second-order valence-corrected chi connectivity index (χ2v) is 6.84. The van der Waals surface area contributed by atoms with Crippen LogP contribution in [0.15, 0.2) is 59.5 Å². The lowest BCUT2D eigenvalue weighted by atomic mass is 10.2.